The molecule has 0 aliphatic rings. The average molecular weight is 408 g/mol. The van der Waals surface area contributed by atoms with Crippen LogP contribution < -0.4 is 0 Å². The molecule has 0 aliphatic carbocycles. The zero-order chi connectivity index (χ0) is 19.7. The summed E-state index contributed by atoms with van der Waals surface area (Å²) in [5.74, 6) is 0. The van der Waals surface area contributed by atoms with Crippen molar-refractivity contribution in [2.24, 2.45) is 0 Å². The minimum atomic E-state index is -2.73. The van der Waals surface area contributed by atoms with Gasteiger partial charge in [0.15, 0.2) is 0 Å². The monoisotopic (exact) mass is 407 g/mol. The molecule has 0 heterocycles. The van der Waals surface area contributed by atoms with Crippen molar-refractivity contribution in [1.29, 1.82) is 0 Å². The molecule has 1 unspecified atom stereocenters. The summed E-state index contributed by atoms with van der Waals surface area (Å²) in [5, 5.41) is 0. The molecule has 1 atom stereocenters. The third-order valence-corrected chi connectivity index (χ3v) is 24.0. The highest BCUT2D eigenvalue weighted by Gasteiger charge is 2.58. The SMILES string of the molecule is CCC(N([Si](CC)(CC)CC)[Si](CC)(CC)CC)[Si](OC)(OC)OC. The third-order valence-electron chi connectivity index (χ3n) is 6.93. The predicted octanol–water partition coefficient (Wildman–Crippen LogP) is 5.49. The Morgan fingerprint density at radius 1 is 0.600 bits per heavy atom. The van der Waals surface area contributed by atoms with Gasteiger partial charge in [-0.2, -0.15) is 0 Å². The van der Waals surface area contributed by atoms with Crippen LogP contribution >= 0.6 is 0 Å². The summed E-state index contributed by atoms with van der Waals surface area (Å²) in [6.45, 7) is 16.8. The lowest BCUT2D eigenvalue weighted by Gasteiger charge is -2.57. The maximum absolute atomic E-state index is 6.02. The summed E-state index contributed by atoms with van der Waals surface area (Å²) in [7, 11) is -0.594. The minimum Gasteiger partial charge on any atom is -0.376 e. The molecule has 0 aromatic heterocycles. The van der Waals surface area contributed by atoms with E-state index in [-0.39, 0.29) is 5.67 Å². The molecule has 25 heavy (non-hydrogen) atoms. The Balaban J connectivity index is 6.64. The largest absolute Gasteiger partial charge is 0.516 e. The maximum atomic E-state index is 6.02. The van der Waals surface area contributed by atoms with Crippen LogP contribution in [0.2, 0.25) is 36.3 Å². The van der Waals surface area contributed by atoms with E-state index in [0.29, 0.717) is 0 Å². The number of hydrogen-bond acceptors (Lipinski definition) is 4. The molecule has 0 aromatic rings. The molecule has 0 saturated heterocycles. The Morgan fingerprint density at radius 3 is 1.04 bits per heavy atom. The normalized spacial score (nSPS) is 15.0. The first-order valence-corrected chi connectivity index (χ1v) is 17.2. The molecule has 4 nitrogen and oxygen atoms in total. The molecule has 0 saturated carbocycles. The number of rotatable bonds is 14. The Labute approximate surface area is 161 Å². The summed E-state index contributed by atoms with van der Waals surface area (Å²) >= 11 is 0. The molecule has 0 spiro atoms. The van der Waals surface area contributed by atoms with Crippen molar-refractivity contribution in [3.8, 4) is 0 Å². The Kier molecular flexibility index (Phi) is 11.6. The first-order valence-electron chi connectivity index (χ1n) is 10.3. The van der Waals surface area contributed by atoms with Gasteiger partial charge in [0, 0.05) is 21.3 Å². The molecule has 0 bridgehead atoms. The zero-order valence-electron chi connectivity index (χ0n) is 18.7. The fourth-order valence-electron chi connectivity index (χ4n) is 4.94. The molecule has 0 rings (SSSR count). The van der Waals surface area contributed by atoms with Crippen molar-refractivity contribution in [3.63, 3.8) is 0 Å². The van der Waals surface area contributed by atoms with Crippen molar-refractivity contribution in [1.82, 2.24) is 4.23 Å². The van der Waals surface area contributed by atoms with Crippen molar-refractivity contribution in [2.75, 3.05) is 21.3 Å². The lowest BCUT2D eigenvalue weighted by atomic mass is 10.5. The lowest BCUT2D eigenvalue weighted by Crippen LogP contribution is -2.75. The van der Waals surface area contributed by atoms with E-state index in [4.69, 9.17) is 13.3 Å². The summed E-state index contributed by atoms with van der Waals surface area (Å²) in [5.41, 5.74) is 0.283. The molecular formula is C18H45NO3Si3. The first-order chi connectivity index (χ1) is 11.9. The van der Waals surface area contributed by atoms with Gasteiger partial charge < -0.3 is 17.5 Å². The Bertz CT molecular complexity index is 315. The molecule has 0 fully saturated rings. The van der Waals surface area contributed by atoms with Crippen LogP contribution in [-0.4, -0.2) is 56.5 Å². The number of nitrogens with zero attached hydrogens (tertiary/aromatic N) is 1. The Hall–Kier alpha value is 0.491. The first kappa shape index (κ1) is 25.5. The molecule has 152 valence electrons. The van der Waals surface area contributed by atoms with E-state index in [1.54, 1.807) is 21.3 Å². The van der Waals surface area contributed by atoms with Gasteiger partial charge in [0.05, 0.1) is 5.67 Å². The molecule has 7 heteroatoms. The van der Waals surface area contributed by atoms with Crippen LogP contribution in [0.1, 0.15) is 54.9 Å². The Morgan fingerprint density at radius 2 is 0.880 bits per heavy atom. The van der Waals surface area contributed by atoms with Crippen molar-refractivity contribution in [2.45, 2.75) is 96.8 Å². The second-order valence-corrected chi connectivity index (χ2v) is 20.7. The van der Waals surface area contributed by atoms with E-state index in [2.05, 4.69) is 52.7 Å². The molecular weight excluding hydrogens is 362 g/mol. The molecule has 0 aromatic carbocycles. The fraction of sp³-hybridized carbons (Fsp3) is 1.00. The lowest BCUT2D eigenvalue weighted by molar-refractivity contribution is 0.0989. The van der Waals surface area contributed by atoms with Crippen LogP contribution in [0.15, 0.2) is 0 Å². The summed E-state index contributed by atoms with van der Waals surface area (Å²) in [4.78, 5) is 0. The average Bonchev–Trinajstić information content (AvgIpc) is 2.68. The molecule has 0 amide bonds. The van der Waals surface area contributed by atoms with Crippen LogP contribution in [0.25, 0.3) is 0 Å². The standard InChI is InChI=1S/C18H45NO3Si3/c1-11-18(25(20-8,21-9)22-10)19(23(12-2,13-3)14-4)24(15-5,16-6)17-7/h18H,11-17H2,1-10H3. The zero-order valence-corrected chi connectivity index (χ0v) is 21.7. The van der Waals surface area contributed by atoms with Gasteiger partial charge in [0.2, 0.25) is 0 Å². The van der Waals surface area contributed by atoms with Gasteiger partial charge in [0.25, 0.3) is 0 Å². The predicted molar refractivity (Wildman–Crippen MR) is 117 cm³/mol. The maximum Gasteiger partial charge on any atom is 0.516 e. The van der Waals surface area contributed by atoms with Gasteiger partial charge >= 0.3 is 8.80 Å². The van der Waals surface area contributed by atoms with Crippen LogP contribution in [0.5, 0.6) is 0 Å². The van der Waals surface area contributed by atoms with Gasteiger partial charge in [-0.3, -0.25) is 0 Å². The highest BCUT2D eigenvalue weighted by atomic mass is 28.4. The second kappa shape index (κ2) is 11.4. The van der Waals surface area contributed by atoms with Crippen LogP contribution in [0.3, 0.4) is 0 Å². The fourth-order valence-corrected chi connectivity index (χ4v) is 23.3. The van der Waals surface area contributed by atoms with Gasteiger partial charge in [-0.15, -0.1) is 0 Å². The molecule has 0 N–H and O–H groups in total. The molecule has 0 aliphatic heterocycles. The van der Waals surface area contributed by atoms with Crippen molar-refractivity contribution < 1.29 is 13.3 Å². The van der Waals surface area contributed by atoms with Crippen LogP contribution in [0.4, 0.5) is 0 Å². The summed E-state index contributed by atoms with van der Waals surface area (Å²) in [6.07, 6.45) is 1.03. The van der Waals surface area contributed by atoms with E-state index in [1.807, 2.05) is 0 Å². The van der Waals surface area contributed by atoms with E-state index in [9.17, 15) is 0 Å². The quantitative estimate of drug-likeness (QED) is 0.356. The van der Waals surface area contributed by atoms with Gasteiger partial charge in [-0.05, 0) is 42.7 Å². The van der Waals surface area contributed by atoms with Crippen molar-refractivity contribution >= 4 is 25.3 Å². The van der Waals surface area contributed by atoms with E-state index in [0.717, 1.165) is 6.42 Å². The van der Waals surface area contributed by atoms with Gasteiger partial charge in [-0.25, -0.2) is 0 Å². The molecule has 0 radical (unpaired) electrons. The third kappa shape index (κ3) is 4.67. The highest BCUT2D eigenvalue weighted by molar-refractivity contribution is 6.94. The summed E-state index contributed by atoms with van der Waals surface area (Å²) < 4.78 is 21.1. The smallest absolute Gasteiger partial charge is 0.376 e. The van der Waals surface area contributed by atoms with Gasteiger partial charge in [-0.1, -0.05) is 48.5 Å². The number of hydrogen-bond donors (Lipinski definition) is 0. The van der Waals surface area contributed by atoms with Crippen LogP contribution in [-0.2, 0) is 13.3 Å². The minimum absolute atomic E-state index is 0.283. The summed E-state index contributed by atoms with van der Waals surface area (Å²) in [6, 6.07) is 7.79. The van der Waals surface area contributed by atoms with E-state index in [1.165, 1.54) is 36.3 Å². The highest BCUT2D eigenvalue weighted by Crippen LogP contribution is 2.40. The van der Waals surface area contributed by atoms with Gasteiger partial charge in [0.1, 0.15) is 16.5 Å². The van der Waals surface area contributed by atoms with E-state index < -0.39 is 25.3 Å². The second-order valence-electron chi connectivity index (χ2n) is 7.08. The van der Waals surface area contributed by atoms with Crippen LogP contribution in [0, 0.1) is 0 Å². The van der Waals surface area contributed by atoms with E-state index >= 15 is 0 Å². The van der Waals surface area contributed by atoms with Crippen molar-refractivity contribution in [3.05, 3.63) is 0 Å². The topological polar surface area (TPSA) is 30.9 Å².